The second-order valence-corrected chi connectivity index (χ2v) is 10.1. The summed E-state index contributed by atoms with van der Waals surface area (Å²) in [4.78, 5) is 40.1. The molecule has 5 N–H and O–H groups in total. The van der Waals surface area contributed by atoms with Gasteiger partial charge in [-0.1, -0.05) is 23.7 Å². The van der Waals surface area contributed by atoms with Gasteiger partial charge in [-0.25, -0.2) is 8.42 Å². The van der Waals surface area contributed by atoms with Gasteiger partial charge in [0, 0.05) is 36.6 Å². The predicted octanol–water partition coefficient (Wildman–Crippen LogP) is 0.900. The van der Waals surface area contributed by atoms with Gasteiger partial charge in [0.25, 0.3) is 5.91 Å². The van der Waals surface area contributed by atoms with E-state index in [1.807, 2.05) is 0 Å². The monoisotopic (exact) mass is 535 g/mol. The highest BCUT2D eigenvalue weighted by molar-refractivity contribution is 7.89. The van der Waals surface area contributed by atoms with E-state index >= 15 is 0 Å². The van der Waals surface area contributed by atoms with Crippen LogP contribution in [0.3, 0.4) is 0 Å². The number of sulfonamides is 1. The van der Waals surface area contributed by atoms with Gasteiger partial charge in [-0.05, 0) is 54.8 Å². The maximum atomic E-state index is 12.5. The SMILES string of the molecule is O=C(CCc1ccc(C(=O)NC[C@H](NS(=O)(=O)c2ccc(Cl)cc2)C(=O)O)cc1)NC1=NCCCN1. The second-order valence-electron chi connectivity index (χ2n) is 7.93. The minimum absolute atomic E-state index is 0.156. The van der Waals surface area contributed by atoms with Gasteiger partial charge < -0.3 is 15.7 Å². The fourth-order valence-electron chi connectivity index (χ4n) is 3.24. The third-order valence-corrected chi connectivity index (χ3v) is 6.94. The largest absolute Gasteiger partial charge is 0.480 e. The summed E-state index contributed by atoms with van der Waals surface area (Å²) in [5.41, 5.74) is 1.09. The van der Waals surface area contributed by atoms with Crippen LogP contribution >= 0.6 is 11.6 Å². The smallest absolute Gasteiger partial charge is 0.323 e. The number of aliphatic imine (C=N–C) groups is 1. The summed E-state index contributed by atoms with van der Waals surface area (Å²) in [5, 5.41) is 17.9. The Morgan fingerprint density at radius 2 is 1.78 bits per heavy atom. The van der Waals surface area contributed by atoms with E-state index in [1.54, 1.807) is 24.3 Å². The summed E-state index contributed by atoms with van der Waals surface area (Å²) in [6.45, 7) is 0.971. The first-order valence-electron chi connectivity index (χ1n) is 11.1. The number of hydrogen-bond acceptors (Lipinski definition) is 7. The first-order valence-corrected chi connectivity index (χ1v) is 13.0. The van der Waals surface area contributed by atoms with E-state index in [1.165, 1.54) is 24.3 Å². The molecule has 0 saturated heterocycles. The van der Waals surface area contributed by atoms with Crippen LogP contribution in [0.4, 0.5) is 0 Å². The number of guanidine groups is 1. The van der Waals surface area contributed by atoms with Gasteiger partial charge in [0.15, 0.2) is 5.96 Å². The Hall–Kier alpha value is -3.48. The lowest BCUT2D eigenvalue weighted by atomic mass is 10.1. The van der Waals surface area contributed by atoms with Gasteiger partial charge >= 0.3 is 5.97 Å². The van der Waals surface area contributed by atoms with Crippen LogP contribution in [0.5, 0.6) is 0 Å². The highest BCUT2D eigenvalue weighted by Crippen LogP contribution is 2.14. The molecular weight excluding hydrogens is 510 g/mol. The lowest BCUT2D eigenvalue weighted by Gasteiger charge is -2.16. The maximum Gasteiger partial charge on any atom is 0.323 e. The van der Waals surface area contributed by atoms with Crippen LogP contribution in [-0.2, 0) is 26.0 Å². The highest BCUT2D eigenvalue weighted by atomic mass is 35.5. The van der Waals surface area contributed by atoms with Gasteiger partial charge in [-0.2, -0.15) is 4.72 Å². The lowest BCUT2D eigenvalue weighted by molar-refractivity contribution is -0.138. The zero-order valence-electron chi connectivity index (χ0n) is 19.2. The summed E-state index contributed by atoms with van der Waals surface area (Å²) in [5.74, 6) is -1.72. The molecule has 0 bridgehead atoms. The van der Waals surface area contributed by atoms with Crippen LogP contribution in [-0.4, -0.2) is 62.9 Å². The molecule has 0 radical (unpaired) electrons. The number of aryl methyl sites for hydroxylation is 1. The molecule has 0 fully saturated rings. The minimum atomic E-state index is -4.15. The number of aliphatic carboxylic acids is 1. The number of carbonyl (C=O) groups is 3. The number of benzene rings is 2. The van der Waals surface area contributed by atoms with Gasteiger partial charge in [0.05, 0.1) is 4.90 Å². The van der Waals surface area contributed by atoms with Crippen molar-refractivity contribution in [1.82, 2.24) is 20.7 Å². The molecule has 13 heteroatoms. The number of rotatable bonds is 10. The van der Waals surface area contributed by atoms with E-state index in [4.69, 9.17) is 11.6 Å². The van der Waals surface area contributed by atoms with Crippen LogP contribution in [0.25, 0.3) is 0 Å². The number of hydrogen-bond donors (Lipinski definition) is 5. The predicted molar refractivity (Wildman–Crippen MR) is 133 cm³/mol. The zero-order valence-corrected chi connectivity index (χ0v) is 20.7. The molecule has 0 aromatic heterocycles. The number of nitrogens with zero attached hydrogens (tertiary/aromatic N) is 1. The number of carboxylic acids is 1. The summed E-state index contributed by atoms with van der Waals surface area (Å²) in [6, 6.07) is 10.1. The molecule has 36 heavy (non-hydrogen) atoms. The van der Waals surface area contributed by atoms with Gasteiger partial charge in [0.1, 0.15) is 6.04 Å². The molecule has 2 amide bonds. The summed E-state index contributed by atoms with van der Waals surface area (Å²) < 4.78 is 27.0. The topological polar surface area (TPSA) is 166 Å². The third-order valence-electron chi connectivity index (χ3n) is 5.20. The highest BCUT2D eigenvalue weighted by Gasteiger charge is 2.26. The van der Waals surface area contributed by atoms with E-state index in [-0.39, 0.29) is 22.8 Å². The quantitative estimate of drug-likeness (QED) is 0.301. The molecule has 1 aliphatic heterocycles. The molecule has 1 atom stereocenters. The van der Waals surface area contributed by atoms with Crippen molar-refractivity contribution < 1.29 is 27.9 Å². The Balaban J connectivity index is 1.51. The molecule has 1 heterocycles. The van der Waals surface area contributed by atoms with Crippen LogP contribution in [0.1, 0.15) is 28.8 Å². The number of amides is 2. The van der Waals surface area contributed by atoms with Crippen LogP contribution in [0, 0.1) is 0 Å². The van der Waals surface area contributed by atoms with Crippen LogP contribution < -0.4 is 20.7 Å². The standard InChI is InChI=1S/C23H26ClN5O6S/c24-17-7-9-18(10-8-17)36(34,35)29-19(22(32)33)14-27-21(31)16-5-2-15(3-6-16)4-11-20(30)28-23-25-12-1-13-26-23/h2-3,5-10,19,29H,1,4,11-14H2,(H,27,31)(H,32,33)(H2,25,26,28,30)/t19-/m0/s1. The van der Waals surface area contributed by atoms with E-state index in [9.17, 15) is 27.9 Å². The fraction of sp³-hybridized carbons (Fsp3) is 0.304. The fourth-order valence-corrected chi connectivity index (χ4v) is 4.55. The lowest BCUT2D eigenvalue weighted by Crippen LogP contribution is -2.48. The van der Waals surface area contributed by atoms with E-state index in [0.29, 0.717) is 23.9 Å². The van der Waals surface area contributed by atoms with Crippen molar-refractivity contribution in [2.24, 2.45) is 4.99 Å². The number of carboxylic acid groups (broad SMARTS) is 1. The maximum absolute atomic E-state index is 12.5. The molecule has 1 aliphatic rings. The van der Waals surface area contributed by atoms with Crippen molar-refractivity contribution >= 4 is 45.4 Å². The van der Waals surface area contributed by atoms with Crippen molar-refractivity contribution in [3.05, 3.63) is 64.7 Å². The average Bonchev–Trinajstić information content (AvgIpc) is 2.86. The minimum Gasteiger partial charge on any atom is -0.480 e. The molecular formula is C23H26ClN5O6S. The molecule has 3 rings (SSSR count). The normalized spacial score (nSPS) is 14.2. The van der Waals surface area contributed by atoms with Crippen molar-refractivity contribution in [1.29, 1.82) is 0 Å². The molecule has 2 aromatic rings. The van der Waals surface area contributed by atoms with E-state index in [2.05, 4.69) is 25.7 Å². The Morgan fingerprint density at radius 3 is 2.39 bits per heavy atom. The first-order chi connectivity index (χ1) is 17.1. The summed E-state index contributed by atoms with van der Waals surface area (Å²) in [7, 11) is -4.15. The molecule has 0 spiro atoms. The average molecular weight is 536 g/mol. The molecule has 0 saturated carbocycles. The van der Waals surface area contributed by atoms with E-state index < -0.39 is 34.5 Å². The number of carbonyl (C=O) groups excluding carboxylic acids is 2. The Bertz CT molecular complexity index is 1230. The molecule has 2 aromatic carbocycles. The summed E-state index contributed by atoms with van der Waals surface area (Å²) in [6.07, 6.45) is 1.62. The molecule has 192 valence electrons. The molecule has 11 nitrogen and oxygen atoms in total. The van der Waals surface area contributed by atoms with Crippen LogP contribution in [0.15, 0.2) is 58.4 Å². The van der Waals surface area contributed by atoms with Crippen molar-refractivity contribution in [2.45, 2.75) is 30.2 Å². The molecule has 0 aliphatic carbocycles. The second kappa shape index (κ2) is 12.5. The third kappa shape index (κ3) is 8.04. The van der Waals surface area contributed by atoms with Crippen LogP contribution in [0.2, 0.25) is 5.02 Å². The first kappa shape index (κ1) is 27.1. The number of nitrogens with one attached hydrogen (secondary N) is 4. The molecule has 0 unspecified atom stereocenters. The van der Waals surface area contributed by atoms with E-state index in [0.717, 1.165) is 18.5 Å². The van der Waals surface area contributed by atoms with Crippen molar-refractivity contribution in [3.8, 4) is 0 Å². The summed E-state index contributed by atoms with van der Waals surface area (Å²) >= 11 is 5.76. The van der Waals surface area contributed by atoms with Gasteiger partial charge in [-0.15, -0.1) is 0 Å². The Morgan fingerprint density at radius 1 is 1.08 bits per heavy atom. The van der Waals surface area contributed by atoms with Crippen molar-refractivity contribution in [2.75, 3.05) is 19.6 Å². The van der Waals surface area contributed by atoms with Crippen molar-refractivity contribution in [3.63, 3.8) is 0 Å². The number of halogens is 1. The van der Waals surface area contributed by atoms with Gasteiger partial charge in [0.2, 0.25) is 15.9 Å². The zero-order chi connectivity index (χ0) is 26.1. The Labute approximate surface area is 213 Å². The Kier molecular flexibility index (Phi) is 9.39. The van der Waals surface area contributed by atoms with Gasteiger partial charge in [-0.3, -0.25) is 24.7 Å².